The summed E-state index contributed by atoms with van der Waals surface area (Å²) in [5, 5.41) is 0. The summed E-state index contributed by atoms with van der Waals surface area (Å²) < 4.78 is 2.13. The molecule has 0 heterocycles. The van der Waals surface area contributed by atoms with Crippen LogP contribution in [0.25, 0.3) is 0 Å². The molecule has 3 nitrogen and oxygen atoms in total. The van der Waals surface area contributed by atoms with Gasteiger partial charge in [-0.15, -0.1) is 0 Å². The van der Waals surface area contributed by atoms with Crippen LogP contribution in [-0.4, -0.2) is 40.9 Å². The quantitative estimate of drug-likeness (QED) is 0.458. The van der Waals surface area contributed by atoms with Crippen LogP contribution in [0.4, 0.5) is 0 Å². The van der Waals surface area contributed by atoms with Gasteiger partial charge >= 0.3 is 0 Å². The average molecular weight is 271 g/mol. The third-order valence-electron chi connectivity index (χ3n) is 1.52. The molecule has 0 aliphatic rings. The molecule has 0 aliphatic heterocycles. The van der Waals surface area contributed by atoms with Crippen molar-refractivity contribution in [2.24, 2.45) is 5.73 Å². The van der Waals surface area contributed by atoms with Crippen LogP contribution in [-0.2, 0) is 0 Å². The molecule has 0 aliphatic carbocycles. The van der Waals surface area contributed by atoms with Crippen LogP contribution in [0.3, 0.4) is 0 Å². The number of nitrogens with zero attached hydrogens (tertiary/aromatic N) is 2. The van der Waals surface area contributed by atoms with Gasteiger partial charge in [-0.3, -0.25) is 4.90 Å². The average Bonchev–Trinajstić information content (AvgIpc) is 1.86. The van der Waals surface area contributed by atoms with E-state index >= 15 is 0 Å². The van der Waals surface area contributed by atoms with E-state index in [2.05, 4.69) is 51.8 Å². The molecule has 2 N–H and O–H groups in total. The third-order valence-corrected chi connectivity index (χ3v) is 1.83. The summed E-state index contributed by atoms with van der Waals surface area (Å²) in [7, 11) is 2.06. The van der Waals surface area contributed by atoms with E-state index in [4.69, 9.17) is 5.73 Å². The maximum atomic E-state index is 5.48. The van der Waals surface area contributed by atoms with Crippen molar-refractivity contribution in [3.8, 4) is 0 Å². The molecule has 0 fully saturated rings. The Morgan fingerprint density at radius 3 is 2.27 bits per heavy atom. The first-order valence-electron chi connectivity index (χ1n) is 3.89. The minimum atomic E-state index is 0.579. The summed E-state index contributed by atoms with van der Waals surface area (Å²) >= 11 is 2.28. The zero-order chi connectivity index (χ0) is 8.85. The lowest BCUT2D eigenvalue weighted by molar-refractivity contribution is 0.187. The van der Waals surface area contributed by atoms with Gasteiger partial charge in [0.25, 0.3) is 0 Å². The fourth-order valence-electron chi connectivity index (χ4n) is 0.908. The topological polar surface area (TPSA) is 32.5 Å². The molecular weight excluding hydrogens is 253 g/mol. The van der Waals surface area contributed by atoms with Gasteiger partial charge in [-0.2, -0.15) is 0 Å². The van der Waals surface area contributed by atoms with Gasteiger partial charge in [0, 0.05) is 42.0 Å². The van der Waals surface area contributed by atoms with E-state index in [0.717, 1.165) is 19.8 Å². The number of halogens is 1. The Balaban J connectivity index is 3.69. The first-order valence-corrected chi connectivity index (χ1v) is 4.85. The fourth-order valence-corrected chi connectivity index (χ4v) is 1.30. The highest BCUT2D eigenvalue weighted by Crippen LogP contribution is 2.01. The molecule has 0 aromatic carbocycles. The van der Waals surface area contributed by atoms with E-state index in [-0.39, 0.29) is 0 Å². The van der Waals surface area contributed by atoms with Gasteiger partial charge in [0.1, 0.15) is 0 Å². The first-order chi connectivity index (χ1) is 5.07. The van der Waals surface area contributed by atoms with Crippen molar-refractivity contribution in [3.63, 3.8) is 0 Å². The smallest absolute Gasteiger partial charge is 0.0598 e. The van der Waals surface area contributed by atoms with Gasteiger partial charge in [-0.05, 0) is 20.9 Å². The highest BCUT2D eigenvalue weighted by molar-refractivity contribution is 14.1. The summed E-state index contributed by atoms with van der Waals surface area (Å²) in [6, 6.07) is 0.579. The Bertz CT molecular complexity index is 95.7. The highest BCUT2D eigenvalue weighted by Gasteiger charge is 2.08. The predicted octanol–water partition coefficient (Wildman–Crippen LogP) is 0.895. The molecule has 0 saturated carbocycles. The van der Waals surface area contributed by atoms with E-state index in [1.165, 1.54) is 0 Å². The van der Waals surface area contributed by atoms with Crippen molar-refractivity contribution in [3.05, 3.63) is 0 Å². The predicted molar refractivity (Wildman–Crippen MR) is 57.5 cm³/mol. The molecule has 0 amide bonds. The molecule has 0 radical (unpaired) electrons. The molecule has 0 aromatic rings. The Labute approximate surface area is 83.4 Å². The van der Waals surface area contributed by atoms with Crippen LogP contribution in [0.2, 0.25) is 0 Å². The zero-order valence-electron chi connectivity index (χ0n) is 7.55. The Hall–Kier alpha value is 0.610. The van der Waals surface area contributed by atoms with Crippen molar-refractivity contribution in [2.45, 2.75) is 19.9 Å². The molecule has 0 rings (SSSR count). The third kappa shape index (κ3) is 5.84. The Kier molecular flexibility index (Phi) is 6.50. The van der Waals surface area contributed by atoms with Crippen LogP contribution in [0.5, 0.6) is 0 Å². The molecule has 4 heteroatoms. The summed E-state index contributed by atoms with van der Waals surface area (Å²) in [6.07, 6.45) is 0. The van der Waals surface area contributed by atoms with Crippen LogP contribution in [0, 0.1) is 0 Å². The molecule has 11 heavy (non-hydrogen) atoms. The van der Waals surface area contributed by atoms with Crippen molar-refractivity contribution in [1.82, 2.24) is 8.01 Å². The minimum absolute atomic E-state index is 0.579. The largest absolute Gasteiger partial charge is 0.329 e. The van der Waals surface area contributed by atoms with Gasteiger partial charge in [-0.25, -0.2) is 3.11 Å². The number of rotatable bonds is 5. The maximum absolute atomic E-state index is 5.48. The standard InChI is InChI=1S/C7H18IN3/c1-7(2)11(5-4-9)6-10(3)8/h7H,4-6,9H2,1-3H3. The minimum Gasteiger partial charge on any atom is -0.329 e. The van der Waals surface area contributed by atoms with Crippen LogP contribution in [0.15, 0.2) is 0 Å². The summed E-state index contributed by atoms with van der Waals surface area (Å²) in [5.74, 6) is 0. The monoisotopic (exact) mass is 271 g/mol. The Morgan fingerprint density at radius 2 is 2.00 bits per heavy atom. The lowest BCUT2D eigenvalue weighted by Gasteiger charge is -2.27. The molecule has 0 unspecified atom stereocenters. The van der Waals surface area contributed by atoms with Crippen molar-refractivity contribution in [1.29, 1.82) is 0 Å². The number of hydrogen-bond acceptors (Lipinski definition) is 3. The van der Waals surface area contributed by atoms with Gasteiger partial charge in [0.15, 0.2) is 0 Å². The first kappa shape index (κ1) is 11.6. The van der Waals surface area contributed by atoms with Gasteiger partial charge in [0.2, 0.25) is 0 Å². The molecule has 0 saturated heterocycles. The van der Waals surface area contributed by atoms with E-state index in [1.54, 1.807) is 0 Å². The van der Waals surface area contributed by atoms with Gasteiger partial charge in [-0.1, -0.05) is 0 Å². The van der Waals surface area contributed by atoms with Gasteiger partial charge in [0.05, 0.1) is 6.67 Å². The SMILES string of the molecule is CC(C)N(CCN)CN(C)I. The van der Waals surface area contributed by atoms with Crippen LogP contribution >= 0.6 is 22.9 Å². The molecule has 68 valence electrons. The van der Waals surface area contributed by atoms with Gasteiger partial charge < -0.3 is 5.73 Å². The maximum Gasteiger partial charge on any atom is 0.0598 e. The van der Waals surface area contributed by atoms with Crippen molar-refractivity contribution in [2.75, 3.05) is 26.8 Å². The zero-order valence-corrected chi connectivity index (χ0v) is 9.71. The molecule has 0 atom stereocenters. The summed E-state index contributed by atoms with van der Waals surface area (Å²) in [5.41, 5.74) is 5.48. The number of nitrogens with two attached hydrogens (primary N) is 1. The van der Waals surface area contributed by atoms with E-state index < -0.39 is 0 Å². The molecule has 0 spiro atoms. The molecular formula is C7H18IN3. The fraction of sp³-hybridized carbons (Fsp3) is 1.00. The van der Waals surface area contributed by atoms with Crippen LogP contribution in [0.1, 0.15) is 13.8 Å². The Morgan fingerprint density at radius 1 is 1.45 bits per heavy atom. The second-order valence-corrected chi connectivity index (χ2v) is 4.59. The summed E-state index contributed by atoms with van der Waals surface area (Å²) in [6.45, 7) is 7.08. The van der Waals surface area contributed by atoms with E-state index in [9.17, 15) is 0 Å². The van der Waals surface area contributed by atoms with E-state index in [0.29, 0.717) is 6.04 Å². The lowest BCUT2D eigenvalue weighted by Crippen LogP contribution is -2.39. The second kappa shape index (κ2) is 6.16. The normalized spacial score (nSPS) is 12.0. The lowest BCUT2D eigenvalue weighted by atomic mass is 10.3. The van der Waals surface area contributed by atoms with Crippen LogP contribution < -0.4 is 5.73 Å². The summed E-state index contributed by atoms with van der Waals surface area (Å²) in [4.78, 5) is 2.34. The number of hydrogen-bond donors (Lipinski definition) is 1. The van der Waals surface area contributed by atoms with Crippen molar-refractivity contribution >= 4 is 22.9 Å². The van der Waals surface area contributed by atoms with Crippen molar-refractivity contribution < 1.29 is 0 Å². The molecule has 0 bridgehead atoms. The van der Waals surface area contributed by atoms with E-state index in [1.807, 2.05) is 0 Å². The molecule has 0 aromatic heterocycles. The highest BCUT2D eigenvalue weighted by atomic mass is 127. The second-order valence-electron chi connectivity index (χ2n) is 2.94.